The predicted molar refractivity (Wildman–Crippen MR) is 113 cm³/mol. The largest absolute Gasteiger partial charge is 0.384 e. The zero-order chi connectivity index (χ0) is 20.4. The third-order valence-corrected chi connectivity index (χ3v) is 5.42. The minimum Gasteiger partial charge on any atom is -0.384 e. The number of nitriles is 1. The molecule has 0 aliphatic carbocycles. The number of imidazole rings is 1. The van der Waals surface area contributed by atoms with Gasteiger partial charge in [0.25, 0.3) is 0 Å². The third-order valence-electron chi connectivity index (χ3n) is 5.42. The second-order valence-corrected chi connectivity index (χ2v) is 7.21. The molecule has 1 unspecified atom stereocenters. The topological polar surface area (TPSA) is 93.0 Å². The van der Waals surface area contributed by atoms with E-state index in [1.807, 2.05) is 0 Å². The maximum absolute atomic E-state index is 9.93. The normalized spacial score (nSPS) is 16.2. The van der Waals surface area contributed by atoms with E-state index in [0.29, 0.717) is 17.2 Å². The fraction of sp³-hybridized carbons (Fsp3) is 0.318. The molecule has 1 aliphatic rings. The van der Waals surface area contributed by atoms with Crippen LogP contribution in [0.1, 0.15) is 24.5 Å². The van der Waals surface area contributed by atoms with Gasteiger partial charge in [-0.05, 0) is 42.2 Å². The lowest BCUT2D eigenvalue weighted by Gasteiger charge is -2.21. The number of anilines is 2. The minimum atomic E-state index is 0.253. The van der Waals surface area contributed by atoms with Crippen molar-refractivity contribution < 1.29 is 4.74 Å². The van der Waals surface area contributed by atoms with Crippen molar-refractivity contribution in [2.45, 2.75) is 25.9 Å². The standard InChI is InChI=1S/C22H24N6O/c1-3-15-8-16(10-17(9-15)27-6-4-18(13-27)29-2)19-11-21(24)26-22(20(19)12-23)28-7-5-25-14-28/h5,7-11,14,18H,3-4,6,13H2,1-2H3,(H2,24,26). The molecule has 1 fully saturated rings. The van der Waals surface area contributed by atoms with Gasteiger partial charge in [-0.3, -0.25) is 4.57 Å². The number of nitrogens with zero attached hydrogens (tertiary/aromatic N) is 5. The predicted octanol–water partition coefficient (Wildman–Crippen LogP) is 3.18. The molecule has 1 atom stereocenters. The van der Waals surface area contributed by atoms with E-state index in [1.165, 1.54) is 5.56 Å². The Morgan fingerprint density at radius 2 is 2.17 bits per heavy atom. The Labute approximate surface area is 170 Å². The zero-order valence-corrected chi connectivity index (χ0v) is 16.7. The molecule has 1 aromatic carbocycles. The number of hydrogen-bond donors (Lipinski definition) is 1. The van der Waals surface area contributed by atoms with Crippen LogP contribution in [0.25, 0.3) is 16.9 Å². The molecule has 2 aromatic heterocycles. The first-order valence-corrected chi connectivity index (χ1v) is 9.74. The number of pyridine rings is 1. The average Bonchev–Trinajstić information content (AvgIpc) is 3.44. The number of benzene rings is 1. The fourth-order valence-electron chi connectivity index (χ4n) is 3.83. The Kier molecular flexibility index (Phi) is 5.19. The smallest absolute Gasteiger partial charge is 0.158 e. The zero-order valence-electron chi connectivity index (χ0n) is 16.7. The van der Waals surface area contributed by atoms with E-state index in [4.69, 9.17) is 10.5 Å². The summed E-state index contributed by atoms with van der Waals surface area (Å²) < 4.78 is 7.24. The van der Waals surface area contributed by atoms with E-state index >= 15 is 0 Å². The first-order chi connectivity index (χ1) is 14.1. The first kappa shape index (κ1) is 19.0. The maximum Gasteiger partial charge on any atom is 0.158 e. The molecule has 7 heteroatoms. The third kappa shape index (κ3) is 3.67. The van der Waals surface area contributed by atoms with Gasteiger partial charge in [-0.25, -0.2) is 9.97 Å². The molecular formula is C22H24N6O. The first-order valence-electron chi connectivity index (χ1n) is 9.74. The van der Waals surface area contributed by atoms with Crippen LogP contribution >= 0.6 is 0 Å². The van der Waals surface area contributed by atoms with Crippen LogP contribution in [-0.2, 0) is 11.2 Å². The van der Waals surface area contributed by atoms with E-state index in [-0.39, 0.29) is 6.10 Å². The van der Waals surface area contributed by atoms with Crippen molar-refractivity contribution in [1.82, 2.24) is 14.5 Å². The SMILES string of the molecule is CCc1cc(-c2cc(N)nc(-n3ccnc3)c2C#N)cc(N2CCC(OC)C2)c1. The highest BCUT2D eigenvalue weighted by Gasteiger charge is 2.23. The van der Waals surface area contributed by atoms with Crippen LogP contribution < -0.4 is 10.6 Å². The van der Waals surface area contributed by atoms with Crippen LogP contribution in [0.15, 0.2) is 43.0 Å². The number of methoxy groups -OCH3 is 1. The summed E-state index contributed by atoms with van der Waals surface area (Å²) in [5, 5.41) is 9.93. The van der Waals surface area contributed by atoms with Gasteiger partial charge in [-0.2, -0.15) is 5.26 Å². The number of nitrogens with two attached hydrogens (primary N) is 1. The van der Waals surface area contributed by atoms with Gasteiger partial charge < -0.3 is 15.4 Å². The monoisotopic (exact) mass is 388 g/mol. The molecule has 0 amide bonds. The van der Waals surface area contributed by atoms with Crippen molar-refractivity contribution in [3.63, 3.8) is 0 Å². The summed E-state index contributed by atoms with van der Waals surface area (Å²) in [6.07, 6.45) is 7.20. The summed E-state index contributed by atoms with van der Waals surface area (Å²) in [6, 6.07) is 10.6. The van der Waals surface area contributed by atoms with Gasteiger partial charge in [0.1, 0.15) is 23.8 Å². The Hall–Kier alpha value is -3.37. The number of hydrogen-bond acceptors (Lipinski definition) is 6. The summed E-state index contributed by atoms with van der Waals surface area (Å²) in [7, 11) is 1.76. The minimum absolute atomic E-state index is 0.253. The van der Waals surface area contributed by atoms with Crippen LogP contribution in [0.3, 0.4) is 0 Å². The quantitative estimate of drug-likeness (QED) is 0.722. The summed E-state index contributed by atoms with van der Waals surface area (Å²) >= 11 is 0. The summed E-state index contributed by atoms with van der Waals surface area (Å²) in [5.74, 6) is 0.857. The van der Waals surface area contributed by atoms with Crippen molar-refractivity contribution in [2.24, 2.45) is 0 Å². The Morgan fingerprint density at radius 3 is 2.83 bits per heavy atom. The van der Waals surface area contributed by atoms with Crippen molar-refractivity contribution >= 4 is 11.5 Å². The molecule has 29 heavy (non-hydrogen) atoms. The van der Waals surface area contributed by atoms with Crippen LogP contribution in [0.4, 0.5) is 11.5 Å². The molecule has 3 aromatic rings. The lowest BCUT2D eigenvalue weighted by Crippen LogP contribution is -2.22. The van der Waals surface area contributed by atoms with Crippen LogP contribution in [0.2, 0.25) is 0 Å². The molecule has 1 saturated heterocycles. The van der Waals surface area contributed by atoms with Gasteiger partial charge in [0.05, 0.1) is 6.10 Å². The fourth-order valence-corrected chi connectivity index (χ4v) is 3.83. The number of aromatic nitrogens is 3. The van der Waals surface area contributed by atoms with Crippen LogP contribution in [0.5, 0.6) is 0 Å². The number of ether oxygens (including phenoxy) is 1. The molecule has 3 heterocycles. The highest BCUT2D eigenvalue weighted by atomic mass is 16.5. The van der Waals surface area contributed by atoms with Crippen molar-refractivity contribution in [3.05, 3.63) is 54.1 Å². The van der Waals surface area contributed by atoms with E-state index < -0.39 is 0 Å². The van der Waals surface area contributed by atoms with Crippen molar-refractivity contribution in [1.29, 1.82) is 5.26 Å². The molecule has 0 spiro atoms. The van der Waals surface area contributed by atoms with E-state index in [1.54, 1.807) is 36.5 Å². The van der Waals surface area contributed by atoms with E-state index in [0.717, 1.165) is 42.7 Å². The molecule has 0 saturated carbocycles. The number of nitrogen functional groups attached to an aromatic ring is 1. The van der Waals surface area contributed by atoms with Crippen molar-refractivity contribution in [2.75, 3.05) is 30.8 Å². The molecule has 7 nitrogen and oxygen atoms in total. The van der Waals surface area contributed by atoms with Gasteiger partial charge in [0, 0.05) is 43.8 Å². The lowest BCUT2D eigenvalue weighted by molar-refractivity contribution is 0.121. The number of rotatable bonds is 5. The van der Waals surface area contributed by atoms with Crippen LogP contribution in [-0.4, -0.2) is 40.8 Å². The van der Waals surface area contributed by atoms with Gasteiger partial charge in [-0.15, -0.1) is 0 Å². The summed E-state index contributed by atoms with van der Waals surface area (Å²) in [5.41, 5.74) is 10.7. The van der Waals surface area contributed by atoms with E-state index in [2.05, 4.69) is 46.1 Å². The Balaban J connectivity index is 1.85. The van der Waals surface area contributed by atoms with Gasteiger partial charge in [-0.1, -0.05) is 13.0 Å². The molecule has 148 valence electrons. The van der Waals surface area contributed by atoms with Gasteiger partial charge >= 0.3 is 0 Å². The maximum atomic E-state index is 9.93. The highest BCUT2D eigenvalue weighted by molar-refractivity contribution is 5.79. The summed E-state index contributed by atoms with van der Waals surface area (Å²) in [4.78, 5) is 10.8. The molecule has 1 aliphatic heterocycles. The molecule has 0 bridgehead atoms. The second kappa shape index (κ2) is 7.94. The Morgan fingerprint density at radius 1 is 1.31 bits per heavy atom. The second-order valence-electron chi connectivity index (χ2n) is 7.21. The molecule has 2 N–H and O–H groups in total. The highest BCUT2D eigenvalue weighted by Crippen LogP contribution is 2.34. The summed E-state index contributed by atoms with van der Waals surface area (Å²) in [6.45, 7) is 3.95. The van der Waals surface area contributed by atoms with Gasteiger partial charge in [0.15, 0.2) is 5.82 Å². The molecule has 0 radical (unpaired) electrons. The van der Waals surface area contributed by atoms with Crippen molar-refractivity contribution in [3.8, 4) is 23.0 Å². The van der Waals surface area contributed by atoms with Crippen LogP contribution in [0, 0.1) is 11.3 Å². The average molecular weight is 388 g/mol. The van der Waals surface area contributed by atoms with E-state index in [9.17, 15) is 5.26 Å². The van der Waals surface area contributed by atoms with Gasteiger partial charge in [0.2, 0.25) is 0 Å². The number of aryl methyl sites for hydroxylation is 1. The lowest BCUT2D eigenvalue weighted by atomic mass is 9.97. The molecule has 4 rings (SSSR count). The Bertz CT molecular complexity index is 1050. The molecular weight excluding hydrogens is 364 g/mol.